The molecular weight excluding hydrogens is 276 g/mol. The van der Waals surface area contributed by atoms with Crippen LogP contribution in [0.3, 0.4) is 0 Å². The highest BCUT2D eigenvalue weighted by molar-refractivity contribution is 7.90. The van der Waals surface area contributed by atoms with Crippen molar-refractivity contribution in [2.75, 3.05) is 31.8 Å². The highest BCUT2D eigenvalue weighted by Gasteiger charge is 2.13. The van der Waals surface area contributed by atoms with Gasteiger partial charge in [-0.1, -0.05) is 6.07 Å². The van der Waals surface area contributed by atoms with E-state index >= 15 is 0 Å². The molecule has 3 N–H and O–H groups in total. The van der Waals surface area contributed by atoms with Crippen molar-refractivity contribution in [1.29, 1.82) is 0 Å². The molecule has 1 unspecified atom stereocenters. The standard InChI is InChI=1S/C14H24N2O3S/c1-11-6-7-13(20(3,17)18)9-14(11)16-12(10-19-2)5-4-8-15/h6-7,9,12,16H,4-5,8,10,15H2,1-3H3. The Labute approximate surface area is 121 Å². The van der Waals surface area contributed by atoms with E-state index in [2.05, 4.69) is 5.32 Å². The summed E-state index contributed by atoms with van der Waals surface area (Å²) in [5.41, 5.74) is 7.36. The Hall–Kier alpha value is -1.11. The van der Waals surface area contributed by atoms with E-state index in [0.717, 1.165) is 24.1 Å². The van der Waals surface area contributed by atoms with Gasteiger partial charge in [0.1, 0.15) is 0 Å². The van der Waals surface area contributed by atoms with Gasteiger partial charge in [0.2, 0.25) is 0 Å². The number of hydrogen-bond donors (Lipinski definition) is 2. The third-order valence-electron chi connectivity index (χ3n) is 3.12. The van der Waals surface area contributed by atoms with E-state index < -0.39 is 9.84 Å². The van der Waals surface area contributed by atoms with Gasteiger partial charge in [0.25, 0.3) is 0 Å². The SMILES string of the molecule is COCC(CCCN)Nc1cc(S(C)(=O)=O)ccc1C. The molecule has 0 saturated heterocycles. The van der Waals surface area contributed by atoms with Crippen LogP contribution in [-0.2, 0) is 14.6 Å². The lowest BCUT2D eigenvalue weighted by Crippen LogP contribution is -2.26. The predicted octanol–water partition coefficient (Wildman–Crippen LogP) is 1.56. The molecule has 1 aromatic rings. The quantitative estimate of drug-likeness (QED) is 0.761. The average Bonchev–Trinajstić information content (AvgIpc) is 2.37. The second-order valence-electron chi connectivity index (χ2n) is 4.98. The fourth-order valence-electron chi connectivity index (χ4n) is 1.97. The van der Waals surface area contributed by atoms with Gasteiger partial charge in [-0.15, -0.1) is 0 Å². The summed E-state index contributed by atoms with van der Waals surface area (Å²) >= 11 is 0. The topological polar surface area (TPSA) is 81.4 Å². The van der Waals surface area contributed by atoms with Crippen molar-refractivity contribution in [3.05, 3.63) is 23.8 Å². The number of sulfone groups is 1. The first-order valence-corrected chi connectivity index (χ1v) is 8.54. The van der Waals surface area contributed by atoms with Gasteiger partial charge in [-0.05, 0) is 44.0 Å². The van der Waals surface area contributed by atoms with Crippen LogP contribution in [0.25, 0.3) is 0 Å². The normalized spacial score (nSPS) is 13.2. The largest absolute Gasteiger partial charge is 0.383 e. The third kappa shape index (κ3) is 5.11. The van der Waals surface area contributed by atoms with Crippen LogP contribution in [0.5, 0.6) is 0 Å². The van der Waals surface area contributed by atoms with Crippen LogP contribution in [-0.4, -0.2) is 41.0 Å². The molecule has 0 fully saturated rings. The number of aryl methyl sites for hydroxylation is 1. The first-order valence-electron chi connectivity index (χ1n) is 6.64. The summed E-state index contributed by atoms with van der Waals surface area (Å²) in [6.07, 6.45) is 2.99. The van der Waals surface area contributed by atoms with Crippen molar-refractivity contribution >= 4 is 15.5 Å². The highest BCUT2D eigenvalue weighted by atomic mass is 32.2. The number of methoxy groups -OCH3 is 1. The Bertz CT molecular complexity index is 529. The van der Waals surface area contributed by atoms with E-state index in [4.69, 9.17) is 10.5 Å². The van der Waals surface area contributed by atoms with Crippen LogP contribution in [0.2, 0.25) is 0 Å². The molecule has 1 aromatic carbocycles. The van der Waals surface area contributed by atoms with Gasteiger partial charge < -0.3 is 15.8 Å². The molecule has 0 aliphatic rings. The van der Waals surface area contributed by atoms with E-state index in [0.29, 0.717) is 18.0 Å². The molecule has 0 radical (unpaired) electrons. The van der Waals surface area contributed by atoms with Crippen LogP contribution in [0.15, 0.2) is 23.1 Å². The van der Waals surface area contributed by atoms with Gasteiger partial charge in [0, 0.05) is 25.1 Å². The van der Waals surface area contributed by atoms with Crippen molar-refractivity contribution in [1.82, 2.24) is 0 Å². The monoisotopic (exact) mass is 300 g/mol. The summed E-state index contributed by atoms with van der Waals surface area (Å²) in [7, 11) is -1.55. The fraction of sp³-hybridized carbons (Fsp3) is 0.571. The molecule has 0 spiro atoms. The number of nitrogens with one attached hydrogen (secondary N) is 1. The Morgan fingerprint density at radius 2 is 2.10 bits per heavy atom. The summed E-state index contributed by atoms with van der Waals surface area (Å²) in [6, 6.07) is 5.24. The van der Waals surface area contributed by atoms with Crippen LogP contribution < -0.4 is 11.1 Å². The highest BCUT2D eigenvalue weighted by Crippen LogP contribution is 2.21. The Morgan fingerprint density at radius 3 is 2.65 bits per heavy atom. The molecular formula is C14H24N2O3S. The zero-order chi connectivity index (χ0) is 15.2. The van der Waals surface area contributed by atoms with E-state index in [-0.39, 0.29) is 6.04 Å². The van der Waals surface area contributed by atoms with E-state index in [1.165, 1.54) is 6.26 Å². The zero-order valence-electron chi connectivity index (χ0n) is 12.3. The maximum atomic E-state index is 11.6. The van der Waals surface area contributed by atoms with Crippen molar-refractivity contribution in [2.24, 2.45) is 5.73 Å². The van der Waals surface area contributed by atoms with Crippen molar-refractivity contribution < 1.29 is 13.2 Å². The van der Waals surface area contributed by atoms with Crippen molar-refractivity contribution in [3.63, 3.8) is 0 Å². The summed E-state index contributed by atoms with van der Waals surface area (Å²) < 4.78 is 28.4. The molecule has 0 aromatic heterocycles. The molecule has 1 rings (SSSR count). The first-order chi connectivity index (χ1) is 9.38. The van der Waals surface area contributed by atoms with E-state index in [9.17, 15) is 8.42 Å². The van der Waals surface area contributed by atoms with Gasteiger partial charge in [0.05, 0.1) is 11.5 Å². The van der Waals surface area contributed by atoms with Gasteiger partial charge in [0.15, 0.2) is 9.84 Å². The third-order valence-corrected chi connectivity index (χ3v) is 4.23. The Morgan fingerprint density at radius 1 is 1.40 bits per heavy atom. The molecule has 0 bridgehead atoms. The smallest absolute Gasteiger partial charge is 0.175 e. The number of anilines is 1. The molecule has 0 heterocycles. The minimum Gasteiger partial charge on any atom is -0.383 e. The molecule has 6 heteroatoms. The number of nitrogens with two attached hydrogens (primary N) is 1. The number of hydrogen-bond acceptors (Lipinski definition) is 5. The Balaban J connectivity index is 2.93. The summed E-state index contributed by atoms with van der Waals surface area (Å²) in [6.45, 7) is 3.13. The molecule has 20 heavy (non-hydrogen) atoms. The lowest BCUT2D eigenvalue weighted by atomic mass is 10.1. The lowest BCUT2D eigenvalue weighted by molar-refractivity contribution is 0.182. The molecule has 0 aliphatic carbocycles. The van der Waals surface area contributed by atoms with Crippen LogP contribution in [0.1, 0.15) is 18.4 Å². The predicted molar refractivity (Wildman–Crippen MR) is 81.9 cm³/mol. The van der Waals surface area contributed by atoms with Gasteiger partial charge >= 0.3 is 0 Å². The zero-order valence-corrected chi connectivity index (χ0v) is 13.2. The van der Waals surface area contributed by atoms with E-state index in [1.807, 2.05) is 13.0 Å². The van der Waals surface area contributed by atoms with Gasteiger partial charge in [-0.3, -0.25) is 0 Å². The van der Waals surface area contributed by atoms with Gasteiger partial charge in [-0.25, -0.2) is 8.42 Å². The molecule has 0 amide bonds. The van der Waals surface area contributed by atoms with Crippen LogP contribution in [0.4, 0.5) is 5.69 Å². The maximum Gasteiger partial charge on any atom is 0.175 e. The molecule has 0 saturated carbocycles. The van der Waals surface area contributed by atoms with Crippen LogP contribution >= 0.6 is 0 Å². The second-order valence-corrected chi connectivity index (χ2v) is 6.99. The summed E-state index contributed by atoms with van der Waals surface area (Å²) in [5, 5.41) is 3.35. The first kappa shape index (κ1) is 16.9. The fourth-order valence-corrected chi connectivity index (χ4v) is 2.62. The molecule has 114 valence electrons. The second kappa shape index (κ2) is 7.61. The van der Waals surface area contributed by atoms with Crippen LogP contribution in [0, 0.1) is 6.92 Å². The molecule has 5 nitrogen and oxygen atoms in total. The number of rotatable bonds is 8. The van der Waals surface area contributed by atoms with Crippen molar-refractivity contribution in [2.45, 2.75) is 30.7 Å². The average molecular weight is 300 g/mol. The summed E-state index contributed by atoms with van der Waals surface area (Å²) in [4.78, 5) is 0.320. The van der Waals surface area contributed by atoms with E-state index in [1.54, 1.807) is 19.2 Å². The molecule has 0 aliphatic heterocycles. The number of benzene rings is 1. The lowest BCUT2D eigenvalue weighted by Gasteiger charge is -2.20. The van der Waals surface area contributed by atoms with Crippen molar-refractivity contribution in [3.8, 4) is 0 Å². The summed E-state index contributed by atoms with van der Waals surface area (Å²) in [5.74, 6) is 0. The van der Waals surface area contributed by atoms with Gasteiger partial charge in [-0.2, -0.15) is 0 Å². The minimum absolute atomic E-state index is 0.122. The maximum absolute atomic E-state index is 11.6. The Kier molecular flexibility index (Phi) is 6.45. The minimum atomic E-state index is -3.20. The number of ether oxygens (including phenoxy) is 1. The molecule has 1 atom stereocenters.